The van der Waals surface area contributed by atoms with Crippen LogP contribution in [0.25, 0.3) is 10.4 Å². The minimum atomic E-state index is -0.594. The summed E-state index contributed by atoms with van der Waals surface area (Å²) in [6.45, 7) is 1.61. The van der Waals surface area contributed by atoms with Gasteiger partial charge in [-0.25, -0.2) is 0 Å². The number of hydrogen-bond donors (Lipinski definition) is 2. The zero-order chi connectivity index (χ0) is 14.5. The van der Waals surface area contributed by atoms with E-state index in [-0.39, 0.29) is 13.0 Å². The predicted molar refractivity (Wildman–Crippen MR) is 66.8 cm³/mol. The Bertz CT molecular complexity index is 330. The summed E-state index contributed by atoms with van der Waals surface area (Å²) >= 11 is 0. The Balaban J connectivity index is 3.52. The molecule has 0 aliphatic heterocycles. The van der Waals surface area contributed by atoms with Gasteiger partial charge in [0.15, 0.2) is 0 Å². The molecule has 0 aliphatic carbocycles. The van der Waals surface area contributed by atoms with Gasteiger partial charge in [-0.2, -0.15) is 0 Å². The molecule has 2 amide bonds. The summed E-state index contributed by atoms with van der Waals surface area (Å²) in [5, 5.41) is 3.30. The number of carbonyl (C=O) groups excluding carboxylic acids is 2. The van der Waals surface area contributed by atoms with E-state index in [0.29, 0.717) is 32.8 Å². The summed E-state index contributed by atoms with van der Waals surface area (Å²) in [5.74, 6) is -1.72. The van der Waals surface area contributed by atoms with Crippen LogP contribution in [0.1, 0.15) is 12.8 Å². The molecule has 0 aromatic rings. The molecule has 9 heteroatoms. The number of hydrogen-bond acceptors (Lipinski definition) is 5. The average molecular weight is 273 g/mol. The smallest absolute Gasteiger partial charge is 0.221 e. The van der Waals surface area contributed by atoms with Crippen LogP contribution in [0.5, 0.6) is 0 Å². The number of ether oxygens (including phenoxy) is 2. The molecular weight excluding hydrogens is 254 g/mol. The molecule has 19 heavy (non-hydrogen) atoms. The Morgan fingerprint density at radius 3 is 2.32 bits per heavy atom. The van der Waals surface area contributed by atoms with Crippen LogP contribution in [0.2, 0.25) is 0 Å². The van der Waals surface area contributed by atoms with Crippen LogP contribution in [0, 0.1) is 5.92 Å². The van der Waals surface area contributed by atoms with E-state index in [1.807, 2.05) is 0 Å². The minimum absolute atomic E-state index is 0.0681. The van der Waals surface area contributed by atoms with Crippen molar-refractivity contribution >= 4 is 11.8 Å². The largest absolute Gasteiger partial charge is 0.379 e. The highest BCUT2D eigenvalue weighted by Gasteiger charge is 2.17. The monoisotopic (exact) mass is 273 g/mol. The fourth-order valence-electron chi connectivity index (χ4n) is 1.29. The Hall–Kier alpha value is -1.83. The van der Waals surface area contributed by atoms with Gasteiger partial charge in [-0.05, 0) is 12.0 Å². The molecule has 0 fully saturated rings. The van der Waals surface area contributed by atoms with Crippen LogP contribution in [0.4, 0.5) is 0 Å². The van der Waals surface area contributed by atoms with E-state index in [2.05, 4.69) is 10.0 Å². The first-order chi connectivity index (χ1) is 9.07. The molecule has 0 aromatic heterocycles. The van der Waals surface area contributed by atoms with Gasteiger partial charge in [0, 0.05) is 30.4 Å². The molecule has 0 heterocycles. The highest BCUT2D eigenvalue weighted by Crippen LogP contribution is 2.07. The molecule has 1 atom stereocenters. The second kappa shape index (κ2) is 11.3. The van der Waals surface area contributed by atoms with Crippen LogP contribution in [0.3, 0.4) is 0 Å². The van der Waals surface area contributed by atoms with Gasteiger partial charge < -0.3 is 20.9 Å². The molecule has 0 bridgehead atoms. The molecule has 0 aliphatic rings. The van der Waals surface area contributed by atoms with Crippen molar-refractivity contribution < 1.29 is 19.1 Å². The zero-order valence-electron chi connectivity index (χ0n) is 10.7. The molecule has 0 saturated heterocycles. The molecule has 0 aromatic carbocycles. The van der Waals surface area contributed by atoms with Gasteiger partial charge in [-0.1, -0.05) is 5.11 Å². The lowest BCUT2D eigenvalue weighted by molar-refractivity contribution is -0.127. The lowest BCUT2D eigenvalue weighted by Gasteiger charge is -2.11. The number of rotatable bonds is 12. The van der Waals surface area contributed by atoms with Gasteiger partial charge in [0.1, 0.15) is 0 Å². The maximum atomic E-state index is 11.0. The number of nitrogens with two attached hydrogens (primary N) is 2. The maximum Gasteiger partial charge on any atom is 0.221 e. The minimum Gasteiger partial charge on any atom is -0.379 e. The van der Waals surface area contributed by atoms with Crippen molar-refractivity contribution in [1.82, 2.24) is 0 Å². The van der Waals surface area contributed by atoms with Gasteiger partial charge in [0.25, 0.3) is 0 Å². The van der Waals surface area contributed by atoms with Crippen molar-refractivity contribution in [3.05, 3.63) is 10.4 Å². The van der Waals surface area contributed by atoms with Crippen molar-refractivity contribution in [1.29, 1.82) is 0 Å². The first-order valence-corrected chi connectivity index (χ1v) is 5.82. The Morgan fingerprint density at radius 2 is 1.79 bits per heavy atom. The Morgan fingerprint density at radius 1 is 1.16 bits per heavy atom. The molecule has 0 rings (SSSR count). The molecule has 9 nitrogen and oxygen atoms in total. The Kier molecular flexibility index (Phi) is 10.2. The SMILES string of the molecule is [N-]=[N+]=NCCOCCOCCC(CC(N)=O)C(N)=O. The molecule has 108 valence electrons. The quantitative estimate of drug-likeness (QED) is 0.217. The Labute approximate surface area is 110 Å². The van der Waals surface area contributed by atoms with Gasteiger partial charge in [-0.15, -0.1) is 0 Å². The number of carbonyl (C=O) groups is 2. The van der Waals surface area contributed by atoms with Gasteiger partial charge in [0.2, 0.25) is 11.8 Å². The number of azide groups is 1. The van der Waals surface area contributed by atoms with Crippen molar-refractivity contribution in [3.8, 4) is 0 Å². The molecule has 1 unspecified atom stereocenters. The molecular formula is C10H19N5O4. The number of primary amides is 2. The highest BCUT2D eigenvalue weighted by atomic mass is 16.5. The second-order valence-corrected chi connectivity index (χ2v) is 3.74. The molecule has 0 spiro atoms. The van der Waals surface area contributed by atoms with E-state index in [9.17, 15) is 9.59 Å². The third-order valence-corrected chi connectivity index (χ3v) is 2.23. The summed E-state index contributed by atoms with van der Waals surface area (Å²) in [6.07, 6.45) is 0.276. The van der Waals surface area contributed by atoms with Crippen molar-refractivity contribution in [2.45, 2.75) is 12.8 Å². The van der Waals surface area contributed by atoms with Crippen LogP contribution in [-0.4, -0.2) is 44.8 Å². The summed E-state index contributed by atoms with van der Waals surface area (Å²) in [4.78, 5) is 24.3. The van der Waals surface area contributed by atoms with Crippen LogP contribution in [0.15, 0.2) is 5.11 Å². The van der Waals surface area contributed by atoms with Crippen molar-refractivity contribution in [3.63, 3.8) is 0 Å². The first-order valence-electron chi connectivity index (χ1n) is 5.82. The standard InChI is InChI=1S/C10H19N5O4/c11-9(16)7-8(10(12)17)1-3-18-5-6-19-4-2-14-15-13/h8H,1-7H2,(H2,11,16)(H2,12,17). The van der Waals surface area contributed by atoms with Gasteiger partial charge in [-0.3, -0.25) is 9.59 Å². The molecule has 0 saturated carbocycles. The van der Waals surface area contributed by atoms with E-state index in [1.54, 1.807) is 0 Å². The van der Waals surface area contributed by atoms with Crippen molar-refractivity contribution in [2.75, 3.05) is 33.0 Å². The fourth-order valence-corrected chi connectivity index (χ4v) is 1.29. The molecule has 4 N–H and O–H groups in total. The van der Waals surface area contributed by atoms with E-state index in [0.717, 1.165) is 0 Å². The topological polar surface area (TPSA) is 153 Å². The number of amides is 2. The summed E-state index contributed by atoms with van der Waals surface area (Å²) in [6, 6.07) is 0. The van der Waals surface area contributed by atoms with E-state index in [4.69, 9.17) is 26.5 Å². The van der Waals surface area contributed by atoms with Crippen LogP contribution < -0.4 is 11.5 Å². The number of nitrogens with zero attached hydrogens (tertiary/aromatic N) is 3. The zero-order valence-corrected chi connectivity index (χ0v) is 10.7. The summed E-state index contributed by atoms with van der Waals surface area (Å²) < 4.78 is 10.3. The van der Waals surface area contributed by atoms with E-state index in [1.165, 1.54) is 0 Å². The third-order valence-electron chi connectivity index (χ3n) is 2.23. The molecule has 0 radical (unpaired) electrons. The normalized spacial score (nSPS) is 11.6. The van der Waals surface area contributed by atoms with Crippen LogP contribution >= 0.6 is 0 Å². The van der Waals surface area contributed by atoms with E-state index >= 15 is 0 Å². The van der Waals surface area contributed by atoms with Crippen LogP contribution in [-0.2, 0) is 19.1 Å². The predicted octanol–water partition coefficient (Wildman–Crippen LogP) is -0.303. The van der Waals surface area contributed by atoms with Crippen molar-refractivity contribution in [2.24, 2.45) is 22.5 Å². The average Bonchev–Trinajstić information content (AvgIpc) is 2.34. The van der Waals surface area contributed by atoms with E-state index < -0.39 is 17.7 Å². The fraction of sp³-hybridized carbons (Fsp3) is 0.800. The third kappa shape index (κ3) is 11.0. The summed E-state index contributed by atoms with van der Waals surface area (Å²) in [7, 11) is 0. The van der Waals surface area contributed by atoms with Gasteiger partial charge >= 0.3 is 0 Å². The first kappa shape index (κ1) is 17.2. The maximum absolute atomic E-state index is 11.0. The lowest BCUT2D eigenvalue weighted by Crippen LogP contribution is -2.29. The second-order valence-electron chi connectivity index (χ2n) is 3.74. The van der Waals surface area contributed by atoms with Gasteiger partial charge in [0.05, 0.1) is 19.8 Å². The lowest BCUT2D eigenvalue weighted by atomic mass is 10.0. The highest BCUT2D eigenvalue weighted by molar-refractivity contribution is 5.83. The summed E-state index contributed by atoms with van der Waals surface area (Å²) in [5.41, 5.74) is 18.1.